The number of thiocarbonyl (C=S) groups is 1. The van der Waals surface area contributed by atoms with E-state index < -0.39 is 0 Å². The predicted molar refractivity (Wildman–Crippen MR) is 116 cm³/mol. The van der Waals surface area contributed by atoms with Crippen LogP contribution in [0.5, 0.6) is 0 Å². The van der Waals surface area contributed by atoms with Gasteiger partial charge in [-0.25, -0.2) is 0 Å². The van der Waals surface area contributed by atoms with Gasteiger partial charge in [0, 0.05) is 21.2 Å². The van der Waals surface area contributed by atoms with Crippen LogP contribution in [0.4, 0.5) is 5.69 Å². The molecule has 0 amide bonds. The molecule has 26 heavy (non-hydrogen) atoms. The quantitative estimate of drug-likeness (QED) is 0.525. The molecule has 1 fully saturated rings. The van der Waals surface area contributed by atoms with Crippen molar-refractivity contribution in [3.8, 4) is 0 Å². The largest absolute Gasteiger partial charge is 0.351 e. The number of aromatic nitrogens is 1. The van der Waals surface area contributed by atoms with Crippen LogP contribution in [0, 0.1) is 13.8 Å². The Morgan fingerprint density at radius 2 is 2.00 bits per heavy atom. The van der Waals surface area contributed by atoms with Crippen molar-refractivity contribution in [2.45, 2.75) is 25.9 Å². The third-order valence-corrected chi connectivity index (χ3v) is 6.98. The molecule has 0 spiro atoms. The fourth-order valence-electron chi connectivity index (χ4n) is 3.37. The standard InChI is InChI=1S/C20H18BrN3S2/c1-12-8-10-26-19(12)18-17(16-5-3-4-9-22-16)23-20(25)24(18)14-6-7-15(21)13(2)11-14/h3-11,17-18H,1-2H3,(H,23,25)/t17-,18+/m0/s1. The maximum atomic E-state index is 5.75. The highest BCUT2D eigenvalue weighted by Crippen LogP contribution is 2.44. The first-order valence-electron chi connectivity index (χ1n) is 8.37. The van der Waals surface area contributed by atoms with Crippen molar-refractivity contribution in [1.82, 2.24) is 10.3 Å². The summed E-state index contributed by atoms with van der Waals surface area (Å²) >= 11 is 11.1. The van der Waals surface area contributed by atoms with Gasteiger partial charge in [-0.2, -0.15) is 0 Å². The Balaban J connectivity index is 1.85. The van der Waals surface area contributed by atoms with Crippen LogP contribution >= 0.6 is 39.5 Å². The van der Waals surface area contributed by atoms with Gasteiger partial charge in [0.2, 0.25) is 0 Å². The van der Waals surface area contributed by atoms with E-state index in [1.807, 2.05) is 18.3 Å². The smallest absolute Gasteiger partial charge is 0.174 e. The number of rotatable bonds is 3. The van der Waals surface area contributed by atoms with E-state index in [1.165, 1.54) is 16.0 Å². The summed E-state index contributed by atoms with van der Waals surface area (Å²) in [6.07, 6.45) is 1.84. The zero-order valence-corrected chi connectivity index (χ0v) is 17.7. The summed E-state index contributed by atoms with van der Waals surface area (Å²) in [7, 11) is 0. The lowest BCUT2D eigenvalue weighted by Crippen LogP contribution is -2.29. The van der Waals surface area contributed by atoms with Crippen molar-refractivity contribution in [3.63, 3.8) is 0 Å². The minimum atomic E-state index is 0.0185. The van der Waals surface area contributed by atoms with Crippen LogP contribution < -0.4 is 10.2 Å². The average Bonchev–Trinajstić information content (AvgIpc) is 3.21. The van der Waals surface area contributed by atoms with Crippen LogP contribution in [0.25, 0.3) is 0 Å². The minimum Gasteiger partial charge on any atom is -0.351 e. The van der Waals surface area contributed by atoms with Crippen molar-refractivity contribution in [2.75, 3.05) is 4.90 Å². The van der Waals surface area contributed by atoms with E-state index >= 15 is 0 Å². The van der Waals surface area contributed by atoms with Gasteiger partial charge >= 0.3 is 0 Å². The maximum Gasteiger partial charge on any atom is 0.174 e. The monoisotopic (exact) mass is 443 g/mol. The molecular weight excluding hydrogens is 426 g/mol. The summed E-state index contributed by atoms with van der Waals surface area (Å²) in [5, 5.41) is 6.39. The second-order valence-electron chi connectivity index (χ2n) is 6.40. The van der Waals surface area contributed by atoms with Gasteiger partial charge in [-0.3, -0.25) is 4.98 Å². The molecule has 0 aliphatic carbocycles. The third-order valence-electron chi connectivity index (χ3n) is 4.69. The molecule has 1 aliphatic heterocycles. The van der Waals surface area contributed by atoms with Crippen molar-refractivity contribution in [3.05, 3.63) is 80.2 Å². The number of hydrogen-bond donors (Lipinski definition) is 1. The van der Waals surface area contributed by atoms with Gasteiger partial charge in [0.1, 0.15) is 0 Å². The first-order valence-corrected chi connectivity index (χ1v) is 10.4. The molecule has 0 radical (unpaired) electrons. The molecule has 4 rings (SSSR count). The van der Waals surface area contributed by atoms with Crippen molar-refractivity contribution in [2.24, 2.45) is 0 Å². The van der Waals surface area contributed by atoms with Crippen LogP contribution in [-0.2, 0) is 0 Å². The zero-order valence-electron chi connectivity index (χ0n) is 14.4. The molecule has 0 bridgehead atoms. The molecule has 1 aliphatic rings. The number of halogens is 1. The molecule has 1 saturated heterocycles. The van der Waals surface area contributed by atoms with E-state index in [2.05, 4.69) is 80.7 Å². The first-order chi connectivity index (χ1) is 12.6. The Morgan fingerprint density at radius 1 is 1.15 bits per heavy atom. The van der Waals surface area contributed by atoms with E-state index in [4.69, 9.17) is 12.2 Å². The first kappa shape index (κ1) is 17.6. The van der Waals surface area contributed by atoms with Gasteiger partial charge in [0.05, 0.1) is 17.8 Å². The molecule has 0 unspecified atom stereocenters. The van der Waals surface area contributed by atoms with Gasteiger partial charge < -0.3 is 10.2 Å². The lowest BCUT2D eigenvalue weighted by atomic mass is 10.0. The summed E-state index contributed by atoms with van der Waals surface area (Å²) in [6, 6.07) is 14.7. The molecule has 0 saturated carbocycles. The van der Waals surface area contributed by atoms with Gasteiger partial charge in [0.25, 0.3) is 0 Å². The molecule has 2 atom stereocenters. The molecule has 132 valence electrons. The van der Waals surface area contributed by atoms with Crippen LogP contribution in [0.2, 0.25) is 0 Å². The molecule has 2 aromatic heterocycles. The highest BCUT2D eigenvalue weighted by atomic mass is 79.9. The maximum absolute atomic E-state index is 5.75. The number of pyridine rings is 1. The van der Waals surface area contributed by atoms with Gasteiger partial charge in [-0.05, 0) is 79.0 Å². The van der Waals surface area contributed by atoms with E-state index in [1.54, 1.807) is 11.3 Å². The second kappa shape index (κ2) is 7.10. The summed E-state index contributed by atoms with van der Waals surface area (Å²) in [5.41, 5.74) is 4.57. The lowest BCUT2D eigenvalue weighted by Gasteiger charge is -2.28. The van der Waals surface area contributed by atoms with Gasteiger partial charge in [-0.15, -0.1) is 11.3 Å². The second-order valence-corrected chi connectivity index (χ2v) is 8.59. The van der Waals surface area contributed by atoms with Crippen LogP contribution in [0.1, 0.15) is 33.8 Å². The summed E-state index contributed by atoms with van der Waals surface area (Å²) in [5.74, 6) is 0. The molecule has 3 nitrogen and oxygen atoms in total. The topological polar surface area (TPSA) is 28.2 Å². The summed E-state index contributed by atoms with van der Waals surface area (Å²) in [4.78, 5) is 8.14. The van der Waals surface area contributed by atoms with E-state index in [0.717, 1.165) is 21.0 Å². The third kappa shape index (κ3) is 3.06. The van der Waals surface area contributed by atoms with Crippen molar-refractivity contribution < 1.29 is 0 Å². The van der Waals surface area contributed by atoms with Crippen LogP contribution in [0.3, 0.4) is 0 Å². The molecule has 6 heteroatoms. The van der Waals surface area contributed by atoms with Crippen LogP contribution in [-0.4, -0.2) is 10.1 Å². The van der Waals surface area contributed by atoms with E-state index in [9.17, 15) is 0 Å². The molecule has 3 heterocycles. The predicted octanol–water partition coefficient (Wildman–Crippen LogP) is 5.70. The fourth-order valence-corrected chi connectivity index (χ4v) is 5.01. The number of thiophene rings is 1. The summed E-state index contributed by atoms with van der Waals surface area (Å²) in [6.45, 7) is 4.26. The molecule has 3 aromatic rings. The van der Waals surface area contributed by atoms with Crippen molar-refractivity contribution in [1.29, 1.82) is 0 Å². The number of hydrogen-bond acceptors (Lipinski definition) is 3. The fraction of sp³-hybridized carbons (Fsp3) is 0.200. The lowest BCUT2D eigenvalue weighted by molar-refractivity contribution is 0.573. The normalized spacial score (nSPS) is 19.7. The van der Waals surface area contributed by atoms with Crippen LogP contribution in [0.15, 0.2) is 58.5 Å². The Labute approximate surface area is 171 Å². The number of anilines is 1. The Hall–Kier alpha value is -1.76. The number of nitrogens with zero attached hydrogens (tertiary/aromatic N) is 2. The van der Waals surface area contributed by atoms with E-state index in [-0.39, 0.29) is 12.1 Å². The SMILES string of the molecule is Cc1cc(N2C(=S)N[C@@H](c3ccccn3)[C@@H]2c2sccc2C)ccc1Br. The van der Waals surface area contributed by atoms with Crippen molar-refractivity contribution >= 4 is 50.3 Å². The highest BCUT2D eigenvalue weighted by molar-refractivity contribution is 9.10. The van der Waals surface area contributed by atoms with E-state index in [0.29, 0.717) is 0 Å². The Morgan fingerprint density at radius 3 is 2.65 bits per heavy atom. The van der Waals surface area contributed by atoms with Gasteiger partial charge in [0.15, 0.2) is 5.11 Å². The Kier molecular flexibility index (Phi) is 4.82. The molecular formula is C20H18BrN3S2. The number of benzene rings is 1. The van der Waals surface area contributed by atoms with Gasteiger partial charge in [-0.1, -0.05) is 22.0 Å². The number of nitrogens with one attached hydrogen (secondary N) is 1. The number of aryl methyl sites for hydroxylation is 2. The highest BCUT2D eigenvalue weighted by Gasteiger charge is 2.41. The Bertz CT molecular complexity index is 955. The average molecular weight is 444 g/mol. The molecule has 1 N–H and O–H groups in total. The zero-order chi connectivity index (χ0) is 18.3. The summed E-state index contributed by atoms with van der Waals surface area (Å²) < 4.78 is 1.10. The minimum absolute atomic E-state index is 0.0185. The molecule has 1 aromatic carbocycles.